The molecule has 1 aliphatic heterocycles. The van der Waals surface area contributed by atoms with E-state index >= 15 is 0 Å². The van der Waals surface area contributed by atoms with Crippen LogP contribution in [0.1, 0.15) is 68.1 Å². The average Bonchev–Trinajstić information content (AvgIpc) is 3.00. The van der Waals surface area contributed by atoms with Crippen LogP contribution in [0.4, 0.5) is 5.69 Å². The highest BCUT2D eigenvalue weighted by Crippen LogP contribution is 2.30. The van der Waals surface area contributed by atoms with Crippen LogP contribution in [0.5, 0.6) is 0 Å². The fourth-order valence-corrected chi connectivity index (χ4v) is 5.40. The van der Waals surface area contributed by atoms with Gasteiger partial charge in [-0.25, -0.2) is 5.48 Å². The Morgan fingerprint density at radius 2 is 1.79 bits per heavy atom. The van der Waals surface area contributed by atoms with Gasteiger partial charge in [-0.1, -0.05) is 80.1 Å². The zero-order valence-corrected chi connectivity index (χ0v) is 20.1. The molecule has 6 heteroatoms. The van der Waals surface area contributed by atoms with Gasteiger partial charge in [0.2, 0.25) is 5.91 Å². The molecule has 2 amide bonds. The normalized spacial score (nSPS) is 19.9. The molecule has 1 heterocycles. The number of amides is 2. The molecule has 3 N–H and O–H groups in total. The van der Waals surface area contributed by atoms with Crippen LogP contribution < -0.4 is 15.7 Å². The minimum absolute atomic E-state index is 0.0288. The maximum Gasteiger partial charge on any atom is 0.260 e. The highest BCUT2D eigenvalue weighted by atomic mass is 16.5. The quantitative estimate of drug-likeness (QED) is 0.393. The van der Waals surface area contributed by atoms with E-state index in [1.54, 1.807) is 0 Å². The van der Waals surface area contributed by atoms with Gasteiger partial charge in [-0.3, -0.25) is 20.1 Å². The van der Waals surface area contributed by atoms with Crippen molar-refractivity contribution < 1.29 is 14.8 Å². The van der Waals surface area contributed by atoms with Crippen LogP contribution in [-0.4, -0.2) is 29.1 Å². The van der Waals surface area contributed by atoms with Crippen LogP contribution in [0.2, 0.25) is 0 Å². The zero-order valence-electron chi connectivity index (χ0n) is 20.1. The van der Waals surface area contributed by atoms with E-state index in [0.717, 1.165) is 29.7 Å². The van der Waals surface area contributed by atoms with Gasteiger partial charge in [0, 0.05) is 5.69 Å². The van der Waals surface area contributed by atoms with Gasteiger partial charge in [0.25, 0.3) is 5.91 Å². The Balaban J connectivity index is 1.52. The Morgan fingerprint density at radius 3 is 2.53 bits per heavy atom. The van der Waals surface area contributed by atoms with Gasteiger partial charge in [0.05, 0.1) is 18.6 Å². The minimum atomic E-state index is -0.594. The number of benzene rings is 2. The second-order valence-corrected chi connectivity index (χ2v) is 9.91. The SMILES string of the molecule is Cc1ccc(CN2C(=O)C(N[C@@H](CCC3CCCCC3)C(=O)NO)CCc3ccccc32)cc1. The van der Waals surface area contributed by atoms with Gasteiger partial charge >= 0.3 is 0 Å². The molecule has 6 nitrogen and oxygen atoms in total. The summed E-state index contributed by atoms with van der Waals surface area (Å²) in [5, 5.41) is 12.7. The summed E-state index contributed by atoms with van der Waals surface area (Å²) in [5.74, 6) is 0.131. The lowest BCUT2D eigenvalue weighted by atomic mass is 9.85. The molecule has 0 radical (unpaired) electrons. The Bertz CT molecular complexity index is 969. The number of anilines is 1. The predicted molar refractivity (Wildman–Crippen MR) is 134 cm³/mol. The number of rotatable bonds is 8. The molecule has 0 spiro atoms. The van der Waals surface area contributed by atoms with Gasteiger partial charge in [0.1, 0.15) is 0 Å². The number of hydroxylamine groups is 1. The second kappa shape index (κ2) is 11.6. The Kier molecular flexibility index (Phi) is 8.35. The van der Waals surface area contributed by atoms with E-state index in [-0.39, 0.29) is 5.91 Å². The predicted octanol–water partition coefficient (Wildman–Crippen LogP) is 4.67. The number of para-hydroxylation sites is 1. The van der Waals surface area contributed by atoms with E-state index in [1.807, 2.05) is 28.6 Å². The van der Waals surface area contributed by atoms with E-state index in [0.29, 0.717) is 25.3 Å². The number of carbonyl (C=O) groups is 2. The minimum Gasteiger partial charge on any atom is -0.306 e. The van der Waals surface area contributed by atoms with Crippen LogP contribution in [-0.2, 0) is 22.6 Å². The molecule has 34 heavy (non-hydrogen) atoms. The summed E-state index contributed by atoms with van der Waals surface area (Å²) in [6.07, 6.45) is 9.11. The summed E-state index contributed by atoms with van der Waals surface area (Å²) in [5.41, 5.74) is 6.14. The van der Waals surface area contributed by atoms with Crippen molar-refractivity contribution >= 4 is 17.5 Å². The lowest BCUT2D eigenvalue weighted by Gasteiger charge is -2.29. The first-order chi connectivity index (χ1) is 16.5. The van der Waals surface area contributed by atoms with E-state index in [1.165, 1.54) is 37.7 Å². The van der Waals surface area contributed by atoms with Crippen molar-refractivity contribution in [1.82, 2.24) is 10.8 Å². The number of nitrogens with one attached hydrogen (secondary N) is 2. The third kappa shape index (κ3) is 6.05. The second-order valence-electron chi connectivity index (χ2n) is 9.91. The van der Waals surface area contributed by atoms with E-state index in [2.05, 4.69) is 42.6 Å². The van der Waals surface area contributed by atoms with Gasteiger partial charge in [-0.2, -0.15) is 0 Å². The molecule has 1 fully saturated rings. The molecule has 1 aliphatic carbocycles. The number of carbonyl (C=O) groups excluding carboxylic acids is 2. The van der Waals surface area contributed by atoms with Crippen LogP contribution in [0, 0.1) is 12.8 Å². The van der Waals surface area contributed by atoms with Crippen LogP contribution in [0.25, 0.3) is 0 Å². The van der Waals surface area contributed by atoms with Crippen molar-refractivity contribution in [3.8, 4) is 0 Å². The fourth-order valence-electron chi connectivity index (χ4n) is 5.40. The summed E-state index contributed by atoms with van der Waals surface area (Å²) in [4.78, 5) is 28.2. The van der Waals surface area contributed by atoms with Crippen LogP contribution >= 0.6 is 0 Å². The van der Waals surface area contributed by atoms with Crippen molar-refractivity contribution in [2.75, 3.05) is 4.90 Å². The molecule has 0 saturated heterocycles. The van der Waals surface area contributed by atoms with E-state index in [4.69, 9.17) is 0 Å². The molecular weight excluding hydrogens is 426 g/mol. The molecule has 0 bridgehead atoms. The Labute approximate surface area is 202 Å². The lowest BCUT2D eigenvalue weighted by molar-refractivity contribution is -0.132. The van der Waals surface area contributed by atoms with Crippen molar-refractivity contribution in [2.45, 2.75) is 83.3 Å². The van der Waals surface area contributed by atoms with Crippen LogP contribution in [0.3, 0.4) is 0 Å². The van der Waals surface area contributed by atoms with Crippen molar-refractivity contribution in [1.29, 1.82) is 0 Å². The third-order valence-electron chi connectivity index (χ3n) is 7.43. The van der Waals surface area contributed by atoms with Crippen LogP contribution in [0.15, 0.2) is 48.5 Å². The number of aryl methyl sites for hydroxylation is 2. The molecule has 182 valence electrons. The summed E-state index contributed by atoms with van der Waals surface area (Å²) in [6, 6.07) is 15.2. The largest absolute Gasteiger partial charge is 0.306 e. The first-order valence-corrected chi connectivity index (χ1v) is 12.7. The molecule has 4 rings (SSSR count). The maximum atomic E-state index is 13.8. The monoisotopic (exact) mass is 463 g/mol. The van der Waals surface area contributed by atoms with E-state index < -0.39 is 18.0 Å². The molecule has 2 aliphatic rings. The molecule has 2 aromatic carbocycles. The van der Waals surface area contributed by atoms with Gasteiger partial charge in [-0.15, -0.1) is 0 Å². The summed E-state index contributed by atoms with van der Waals surface area (Å²) < 4.78 is 0. The highest BCUT2D eigenvalue weighted by Gasteiger charge is 2.33. The molecule has 0 aromatic heterocycles. The van der Waals surface area contributed by atoms with Gasteiger partial charge < -0.3 is 4.90 Å². The fraction of sp³-hybridized carbons (Fsp3) is 0.500. The highest BCUT2D eigenvalue weighted by molar-refractivity contribution is 5.99. The molecular formula is C28H37N3O3. The average molecular weight is 464 g/mol. The Morgan fingerprint density at radius 1 is 1.06 bits per heavy atom. The number of hydrogen-bond donors (Lipinski definition) is 3. The van der Waals surface area contributed by atoms with Crippen molar-refractivity contribution in [3.63, 3.8) is 0 Å². The standard InChI is InChI=1S/C28H37N3O3/c1-20-11-13-22(14-12-20)19-31-26-10-6-5-9-23(26)16-18-25(28(31)33)29-24(27(32)30-34)17-15-21-7-3-2-4-8-21/h5-6,9-14,21,24-25,29,34H,2-4,7-8,15-19H2,1H3,(H,30,32)/t24-,25?/m0/s1. The smallest absolute Gasteiger partial charge is 0.260 e. The maximum absolute atomic E-state index is 13.8. The topological polar surface area (TPSA) is 81.7 Å². The molecule has 2 aromatic rings. The third-order valence-corrected chi connectivity index (χ3v) is 7.43. The van der Waals surface area contributed by atoms with E-state index in [9.17, 15) is 14.8 Å². The first kappa shape index (κ1) is 24.4. The van der Waals surface area contributed by atoms with Crippen molar-refractivity contribution in [3.05, 3.63) is 65.2 Å². The number of nitrogens with zero attached hydrogens (tertiary/aromatic N) is 1. The lowest BCUT2D eigenvalue weighted by Crippen LogP contribution is -2.53. The summed E-state index contributed by atoms with van der Waals surface area (Å²) in [7, 11) is 0. The molecule has 1 unspecified atom stereocenters. The Hall–Kier alpha value is -2.70. The number of hydrogen-bond acceptors (Lipinski definition) is 4. The summed E-state index contributed by atoms with van der Waals surface area (Å²) >= 11 is 0. The first-order valence-electron chi connectivity index (χ1n) is 12.7. The molecule has 2 atom stereocenters. The van der Waals surface area contributed by atoms with Crippen molar-refractivity contribution in [2.24, 2.45) is 5.92 Å². The summed E-state index contributed by atoms with van der Waals surface area (Å²) in [6.45, 7) is 2.53. The molecule has 1 saturated carbocycles. The number of fused-ring (bicyclic) bond motifs is 1. The zero-order chi connectivity index (χ0) is 23.9. The van der Waals surface area contributed by atoms with Gasteiger partial charge in [-0.05, 0) is 55.7 Å². The van der Waals surface area contributed by atoms with Gasteiger partial charge in [0.15, 0.2) is 0 Å².